The maximum atomic E-state index is 12.7. The summed E-state index contributed by atoms with van der Waals surface area (Å²) in [6.07, 6.45) is -4.65. The predicted octanol–water partition coefficient (Wildman–Crippen LogP) is 1.34. The average molecular weight is 320 g/mol. The summed E-state index contributed by atoms with van der Waals surface area (Å²) in [7, 11) is -2.90. The minimum atomic E-state index is -4.65. The summed E-state index contributed by atoms with van der Waals surface area (Å²) in [5.41, 5.74) is 4.33. The maximum absolute atomic E-state index is 12.7. The Labute approximate surface area is 118 Å². The van der Waals surface area contributed by atoms with Crippen molar-refractivity contribution in [1.82, 2.24) is 9.78 Å². The number of aromatic nitrogens is 2. The molecular weight excluding hydrogens is 309 g/mol. The minimum absolute atomic E-state index is 0.0155. The number of sulfonamides is 1. The topological polar surface area (TPSA) is 104 Å². The molecule has 1 aromatic carbocycles. The molecular formula is C11H11F3N4O2S. The summed E-state index contributed by atoms with van der Waals surface area (Å²) in [5.74, 6) is 0. The molecule has 2 aromatic rings. The number of hydrogen-bond acceptors (Lipinski definition) is 4. The fraction of sp³-hybridized carbons (Fsp3) is 0.182. The first-order valence-electron chi connectivity index (χ1n) is 5.54. The molecule has 10 heteroatoms. The van der Waals surface area contributed by atoms with E-state index in [0.29, 0.717) is 0 Å². The molecule has 6 nitrogen and oxygen atoms in total. The zero-order chi connectivity index (χ0) is 16.0. The van der Waals surface area contributed by atoms with E-state index >= 15 is 0 Å². The van der Waals surface area contributed by atoms with Crippen LogP contribution in [0.15, 0.2) is 29.2 Å². The van der Waals surface area contributed by atoms with Crippen LogP contribution in [-0.4, -0.2) is 18.2 Å². The highest BCUT2D eigenvalue weighted by Gasteiger charge is 2.35. The normalized spacial score (nSPS) is 12.6. The van der Waals surface area contributed by atoms with Crippen LogP contribution >= 0.6 is 0 Å². The van der Waals surface area contributed by atoms with Gasteiger partial charge in [-0.25, -0.2) is 13.6 Å². The minimum Gasteiger partial charge on any atom is -0.398 e. The van der Waals surface area contributed by atoms with E-state index in [4.69, 9.17) is 10.9 Å². The summed E-state index contributed by atoms with van der Waals surface area (Å²) in [5, 5.41) is 8.39. The molecule has 0 aliphatic heterocycles. The quantitative estimate of drug-likeness (QED) is 0.815. The van der Waals surface area contributed by atoms with Crippen molar-refractivity contribution in [3.63, 3.8) is 0 Å². The third-order valence-electron chi connectivity index (χ3n) is 2.79. The van der Waals surface area contributed by atoms with E-state index in [1.54, 1.807) is 0 Å². The predicted molar refractivity (Wildman–Crippen MR) is 69.4 cm³/mol. The number of hydrogen-bond donors (Lipinski definition) is 2. The molecule has 1 aromatic heterocycles. The maximum Gasteiger partial charge on any atom is 0.435 e. The lowest BCUT2D eigenvalue weighted by Crippen LogP contribution is -2.15. The second kappa shape index (κ2) is 4.74. The molecule has 0 aliphatic carbocycles. The van der Waals surface area contributed by atoms with Gasteiger partial charge in [0.25, 0.3) is 0 Å². The lowest BCUT2D eigenvalue weighted by atomic mass is 10.1. The van der Waals surface area contributed by atoms with Crippen molar-refractivity contribution in [1.29, 1.82) is 0 Å². The highest BCUT2D eigenvalue weighted by Crippen LogP contribution is 2.36. The van der Waals surface area contributed by atoms with E-state index in [2.05, 4.69) is 5.10 Å². The van der Waals surface area contributed by atoms with E-state index in [0.717, 1.165) is 10.7 Å². The van der Waals surface area contributed by atoms with Crippen LogP contribution in [0.5, 0.6) is 0 Å². The Morgan fingerprint density at radius 1 is 1.29 bits per heavy atom. The number of nitrogens with two attached hydrogens (primary N) is 2. The molecule has 0 fully saturated rings. The van der Waals surface area contributed by atoms with Crippen molar-refractivity contribution < 1.29 is 21.6 Å². The number of alkyl halides is 3. The average Bonchev–Trinajstić information content (AvgIpc) is 2.69. The van der Waals surface area contributed by atoms with Gasteiger partial charge in [0, 0.05) is 18.3 Å². The molecule has 0 aliphatic rings. The smallest absolute Gasteiger partial charge is 0.398 e. The first-order chi connectivity index (χ1) is 9.51. The van der Waals surface area contributed by atoms with Gasteiger partial charge in [-0.2, -0.15) is 18.3 Å². The van der Waals surface area contributed by atoms with Gasteiger partial charge >= 0.3 is 6.18 Å². The molecule has 0 spiro atoms. The van der Waals surface area contributed by atoms with Gasteiger partial charge in [-0.3, -0.25) is 4.68 Å². The van der Waals surface area contributed by atoms with Crippen LogP contribution in [0.1, 0.15) is 5.69 Å². The van der Waals surface area contributed by atoms with E-state index < -0.39 is 21.9 Å². The fourth-order valence-corrected chi connectivity index (χ4v) is 2.67. The van der Waals surface area contributed by atoms with E-state index in [9.17, 15) is 21.6 Å². The van der Waals surface area contributed by atoms with Crippen LogP contribution in [0.3, 0.4) is 0 Å². The molecule has 2 rings (SSSR count). The second-order valence-corrected chi connectivity index (χ2v) is 5.83. The summed E-state index contributed by atoms with van der Waals surface area (Å²) in [6.45, 7) is 0. The second-order valence-electron chi connectivity index (χ2n) is 4.30. The van der Waals surface area contributed by atoms with Crippen LogP contribution < -0.4 is 10.9 Å². The largest absolute Gasteiger partial charge is 0.435 e. The zero-order valence-corrected chi connectivity index (χ0v) is 11.5. The standard InChI is InChI=1S/C11H11F3N4O2S/c1-18-7(5-9(17-18)11(12,13)14)10-6(15)3-2-4-8(10)21(16,19)20/h2-5H,15H2,1H3,(H2,16,19,20). The number of primary sulfonamides is 1. The van der Waals surface area contributed by atoms with Gasteiger partial charge in [-0.05, 0) is 18.2 Å². The fourth-order valence-electron chi connectivity index (χ4n) is 1.90. The molecule has 21 heavy (non-hydrogen) atoms. The Balaban J connectivity index is 2.77. The van der Waals surface area contributed by atoms with E-state index in [1.165, 1.54) is 25.2 Å². The van der Waals surface area contributed by atoms with Gasteiger partial charge in [0.05, 0.1) is 10.6 Å². The van der Waals surface area contributed by atoms with Crippen LogP contribution in [0.25, 0.3) is 11.3 Å². The first kappa shape index (κ1) is 15.3. The monoisotopic (exact) mass is 320 g/mol. The molecule has 0 atom stereocenters. The third kappa shape index (κ3) is 2.85. The highest BCUT2D eigenvalue weighted by molar-refractivity contribution is 7.89. The summed E-state index contributed by atoms with van der Waals surface area (Å²) in [4.78, 5) is -0.362. The van der Waals surface area contributed by atoms with Gasteiger partial charge in [-0.15, -0.1) is 0 Å². The molecule has 0 saturated heterocycles. The van der Waals surface area contributed by atoms with Crippen LogP contribution in [0, 0.1) is 0 Å². The third-order valence-corrected chi connectivity index (χ3v) is 3.74. The van der Waals surface area contributed by atoms with Crippen molar-refractivity contribution in [2.75, 3.05) is 5.73 Å². The Morgan fingerprint density at radius 3 is 2.38 bits per heavy atom. The number of aryl methyl sites for hydroxylation is 1. The van der Waals surface area contributed by atoms with Crippen LogP contribution in [0.4, 0.5) is 18.9 Å². The van der Waals surface area contributed by atoms with Gasteiger partial charge in [0.2, 0.25) is 10.0 Å². The molecule has 0 radical (unpaired) electrons. The molecule has 0 unspecified atom stereocenters. The summed E-state index contributed by atoms with van der Waals surface area (Å²) >= 11 is 0. The van der Waals surface area contributed by atoms with Crippen LogP contribution in [-0.2, 0) is 23.2 Å². The van der Waals surface area contributed by atoms with Crippen LogP contribution in [0.2, 0.25) is 0 Å². The molecule has 1 heterocycles. The lowest BCUT2D eigenvalue weighted by molar-refractivity contribution is -0.141. The number of benzene rings is 1. The van der Waals surface area contributed by atoms with Crippen molar-refractivity contribution in [2.45, 2.75) is 11.1 Å². The number of rotatable bonds is 2. The molecule has 0 bridgehead atoms. The molecule has 114 valence electrons. The van der Waals surface area contributed by atoms with Crippen molar-refractivity contribution in [2.24, 2.45) is 12.2 Å². The number of halogens is 3. The summed E-state index contributed by atoms with van der Waals surface area (Å²) in [6, 6.07) is 4.60. The molecule has 4 N–H and O–H groups in total. The Bertz CT molecular complexity index is 796. The van der Waals surface area contributed by atoms with Gasteiger partial charge in [0.15, 0.2) is 5.69 Å². The Morgan fingerprint density at radius 2 is 1.90 bits per heavy atom. The SMILES string of the molecule is Cn1nc(C(F)(F)F)cc1-c1c(N)cccc1S(N)(=O)=O. The van der Waals surface area contributed by atoms with Crippen molar-refractivity contribution in [3.05, 3.63) is 30.0 Å². The highest BCUT2D eigenvalue weighted by atomic mass is 32.2. The van der Waals surface area contributed by atoms with Gasteiger partial charge in [0.1, 0.15) is 0 Å². The lowest BCUT2D eigenvalue weighted by Gasteiger charge is -2.10. The Kier molecular flexibility index (Phi) is 3.46. The van der Waals surface area contributed by atoms with Gasteiger partial charge < -0.3 is 5.73 Å². The number of anilines is 1. The number of nitrogen functional groups attached to an aromatic ring is 1. The van der Waals surface area contributed by atoms with Crippen molar-refractivity contribution in [3.8, 4) is 11.3 Å². The van der Waals surface area contributed by atoms with E-state index in [1.807, 2.05) is 0 Å². The summed E-state index contributed by atoms with van der Waals surface area (Å²) < 4.78 is 62.1. The first-order valence-corrected chi connectivity index (χ1v) is 7.09. The molecule has 0 saturated carbocycles. The van der Waals surface area contributed by atoms with Crippen molar-refractivity contribution >= 4 is 15.7 Å². The number of nitrogens with zero attached hydrogens (tertiary/aromatic N) is 2. The Hall–Kier alpha value is -2.07. The van der Waals surface area contributed by atoms with E-state index in [-0.39, 0.29) is 21.8 Å². The molecule has 0 amide bonds. The van der Waals surface area contributed by atoms with Gasteiger partial charge in [-0.1, -0.05) is 6.07 Å². The zero-order valence-electron chi connectivity index (χ0n) is 10.7.